The summed E-state index contributed by atoms with van der Waals surface area (Å²) in [6.45, 7) is 0. The van der Waals surface area contributed by atoms with Crippen LogP contribution in [0.25, 0.3) is 0 Å². The first-order valence-electron chi connectivity index (χ1n) is 4.81. The minimum absolute atomic E-state index is 0.00639. The monoisotopic (exact) mass is 268 g/mol. The molecule has 0 saturated carbocycles. The Labute approximate surface area is 107 Å². The molecule has 2 aromatic rings. The number of thiophene rings is 1. The van der Waals surface area contributed by atoms with E-state index in [2.05, 4.69) is 0 Å². The Morgan fingerprint density at radius 2 is 2.18 bits per heavy atom. The molecule has 0 aliphatic heterocycles. The molecule has 0 radical (unpaired) electrons. The zero-order valence-corrected chi connectivity index (χ0v) is 10.2. The lowest BCUT2D eigenvalue weighted by atomic mass is 10.0. The molecule has 1 aromatic heterocycles. The molecule has 2 rings (SSSR count). The quantitative estimate of drug-likeness (QED) is 0.685. The fraction of sp³-hybridized carbons (Fsp3) is 0.0909. The second-order valence-corrected chi connectivity index (χ2v) is 4.71. The highest BCUT2D eigenvalue weighted by Crippen LogP contribution is 2.31. The standard InChI is InChI=1S/C11H9ClN2O2S/c12-8-1-2-10(14(15)16)9(5-8)11(13)7-3-4-17-6-7/h1-6,11H,13H2/t11-/m1/s1. The van der Waals surface area contributed by atoms with Crippen LogP contribution in [0.3, 0.4) is 0 Å². The first kappa shape index (κ1) is 12.0. The van der Waals surface area contributed by atoms with Gasteiger partial charge in [0.25, 0.3) is 5.69 Å². The van der Waals surface area contributed by atoms with Gasteiger partial charge < -0.3 is 5.73 Å². The Bertz CT molecular complexity index is 542. The molecule has 1 heterocycles. The van der Waals surface area contributed by atoms with Gasteiger partial charge >= 0.3 is 0 Å². The predicted octanol–water partition coefficient (Wildman–Crippen LogP) is 3.36. The second kappa shape index (κ2) is 4.83. The van der Waals surface area contributed by atoms with Crippen molar-refractivity contribution in [3.8, 4) is 0 Å². The van der Waals surface area contributed by atoms with Gasteiger partial charge in [-0.15, -0.1) is 0 Å². The minimum atomic E-state index is -0.527. The van der Waals surface area contributed by atoms with Gasteiger partial charge in [0.1, 0.15) is 0 Å². The van der Waals surface area contributed by atoms with Crippen LogP contribution >= 0.6 is 22.9 Å². The molecule has 0 fully saturated rings. The van der Waals surface area contributed by atoms with Gasteiger partial charge in [0.05, 0.1) is 16.5 Å². The van der Waals surface area contributed by atoms with E-state index >= 15 is 0 Å². The van der Waals surface area contributed by atoms with Gasteiger partial charge in [0.2, 0.25) is 0 Å². The molecule has 1 aromatic carbocycles. The SMILES string of the molecule is N[C@H](c1ccsc1)c1cc(Cl)ccc1[N+](=O)[O-]. The van der Waals surface area contributed by atoms with Gasteiger partial charge in [0, 0.05) is 11.1 Å². The molecule has 0 bridgehead atoms. The molecule has 0 aliphatic rings. The third kappa shape index (κ3) is 2.46. The Morgan fingerprint density at radius 1 is 1.41 bits per heavy atom. The fourth-order valence-corrected chi connectivity index (χ4v) is 2.45. The topological polar surface area (TPSA) is 69.2 Å². The molecule has 0 aliphatic carbocycles. The van der Waals surface area contributed by atoms with Gasteiger partial charge in [-0.1, -0.05) is 11.6 Å². The van der Waals surface area contributed by atoms with Crippen molar-refractivity contribution in [2.45, 2.75) is 6.04 Å². The van der Waals surface area contributed by atoms with Crippen molar-refractivity contribution in [3.63, 3.8) is 0 Å². The van der Waals surface area contributed by atoms with Gasteiger partial charge in [-0.2, -0.15) is 11.3 Å². The van der Waals surface area contributed by atoms with Crippen molar-refractivity contribution in [3.05, 3.63) is 61.3 Å². The maximum atomic E-state index is 10.9. The number of nitrogens with zero attached hydrogens (tertiary/aromatic N) is 1. The van der Waals surface area contributed by atoms with Crippen LogP contribution in [0, 0.1) is 10.1 Å². The van der Waals surface area contributed by atoms with E-state index < -0.39 is 11.0 Å². The van der Waals surface area contributed by atoms with Crippen LogP contribution in [0.4, 0.5) is 5.69 Å². The third-order valence-corrected chi connectivity index (χ3v) is 3.36. The normalized spacial score (nSPS) is 12.4. The maximum absolute atomic E-state index is 10.9. The van der Waals surface area contributed by atoms with Crippen LogP contribution in [0.5, 0.6) is 0 Å². The molecule has 2 N–H and O–H groups in total. The maximum Gasteiger partial charge on any atom is 0.274 e. The van der Waals surface area contributed by atoms with Gasteiger partial charge in [0.15, 0.2) is 0 Å². The average molecular weight is 269 g/mol. The Balaban J connectivity index is 2.50. The third-order valence-electron chi connectivity index (χ3n) is 2.42. The summed E-state index contributed by atoms with van der Waals surface area (Å²) in [5, 5.41) is 15.1. The van der Waals surface area contributed by atoms with E-state index in [9.17, 15) is 10.1 Å². The highest BCUT2D eigenvalue weighted by Gasteiger charge is 2.21. The predicted molar refractivity (Wildman–Crippen MR) is 68.5 cm³/mol. The minimum Gasteiger partial charge on any atom is -0.320 e. The molecule has 4 nitrogen and oxygen atoms in total. The van der Waals surface area contributed by atoms with Crippen LogP contribution in [-0.4, -0.2) is 4.92 Å². The number of rotatable bonds is 3. The van der Waals surface area contributed by atoms with E-state index in [0.29, 0.717) is 10.6 Å². The van der Waals surface area contributed by atoms with Crippen molar-refractivity contribution in [2.75, 3.05) is 0 Å². The van der Waals surface area contributed by atoms with Crippen molar-refractivity contribution >= 4 is 28.6 Å². The Kier molecular flexibility index (Phi) is 3.42. The van der Waals surface area contributed by atoms with E-state index in [0.717, 1.165) is 5.56 Å². The fourth-order valence-electron chi connectivity index (χ4n) is 1.57. The lowest BCUT2D eigenvalue weighted by Crippen LogP contribution is -2.13. The van der Waals surface area contributed by atoms with Gasteiger partial charge in [-0.3, -0.25) is 10.1 Å². The van der Waals surface area contributed by atoms with Crippen LogP contribution in [0.15, 0.2) is 35.0 Å². The molecule has 88 valence electrons. The summed E-state index contributed by atoms with van der Waals surface area (Å²) in [4.78, 5) is 10.5. The molecule has 0 spiro atoms. The summed E-state index contributed by atoms with van der Waals surface area (Å²) in [6.07, 6.45) is 0. The number of hydrogen-bond donors (Lipinski definition) is 1. The highest BCUT2D eigenvalue weighted by molar-refractivity contribution is 7.08. The smallest absolute Gasteiger partial charge is 0.274 e. The first-order chi connectivity index (χ1) is 8.09. The van der Waals surface area contributed by atoms with E-state index in [1.807, 2.05) is 16.8 Å². The number of benzene rings is 1. The molecular formula is C11H9ClN2O2S. The summed E-state index contributed by atoms with van der Waals surface area (Å²) in [5.74, 6) is 0. The van der Waals surface area contributed by atoms with Crippen LogP contribution in [0.2, 0.25) is 5.02 Å². The number of hydrogen-bond acceptors (Lipinski definition) is 4. The van der Waals surface area contributed by atoms with E-state index in [-0.39, 0.29) is 5.69 Å². The average Bonchev–Trinajstić information content (AvgIpc) is 2.80. The molecule has 0 unspecified atom stereocenters. The molecule has 17 heavy (non-hydrogen) atoms. The summed E-state index contributed by atoms with van der Waals surface area (Å²) >= 11 is 7.35. The van der Waals surface area contributed by atoms with Crippen molar-refractivity contribution in [1.82, 2.24) is 0 Å². The summed E-state index contributed by atoms with van der Waals surface area (Å²) < 4.78 is 0. The van der Waals surface area contributed by atoms with E-state index in [4.69, 9.17) is 17.3 Å². The molecule has 1 atom stereocenters. The number of halogens is 1. The van der Waals surface area contributed by atoms with E-state index in [1.54, 1.807) is 6.07 Å². The molecule has 6 heteroatoms. The van der Waals surface area contributed by atoms with Crippen LogP contribution in [-0.2, 0) is 0 Å². The van der Waals surface area contributed by atoms with Crippen molar-refractivity contribution < 1.29 is 4.92 Å². The molecule has 0 amide bonds. The van der Waals surface area contributed by atoms with E-state index in [1.165, 1.54) is 23.5 Å². The molecular weight excluding hydrogens is 260 g/mol. The van der Waals surface area contributed by atoms with Gasteiger partial charge in [-0.25, -0.2) is 0 Å². The summed E-state index contributed by atoms with van der Waals surface area (Å²) in [5.41, 5.74) is 7.28. The van der Waals surface area contributed by atoms with Crippen molar-refractivity contribution in [2.24, 2.45) is 5.73 Å². The summed E-state index contributed by atoms with van der Waals surface area (Å²) in [6, 6.07) is 5.73. The second-order valence-electron chi connectivity index (χ2n) is 3.49. The number of nitro benzene ring substituents is 1. The Hall–Kier alpha value is -1.43. The number of nitro groups is 1. The molecule has 0 saturated heterocycles. The zero-order valence-electron chi connectivity index (χ0n) is 8.67. The van der Waals surface area contributed by atoms with Crippen LogP contribution in [0.1, 0.15) is 17.2 Å². The van der Waals surface area contributed by atoms with Crippen LogP contribution < -0.4 is 5.73 Å². The lowest BCUT2D eigenvalue weighted by Gasteiger charge is -2.11. The largest absolute Gasteiger partial charge is 0.320 e. The Morgan fingerprint density at radius 3 is 2.76 bits per heavy atom. The first-order valence-corrected chi connectivity index (χ1v) is 6.13. The van der Waals surface area contributed by atoms with Crippen molar-refractivity contribution in [1.29, 1.82) is 0 Å². The zero-order chi connectivity index (χ0) is 12.4. The lowest BCUT2D eigenvalue weighted by molar-refractivity contribution is -0.385. The highest BCUT2D eigenvalue weighted by atomic mass is 35.5. The summed E-state index contributed by atoms with van der Waals surface area (Å²) in [7, 11) is 0. The number of nitrogens with two attached hydrogens (primary N) is 1. The van der Waals surface area contributed by atoms with Gasteiger partial charge in [-0.05, 0) is 34.5 Å².